The molecule has 0 amide bonds. The van der Waals surface area contributed by atoms with Crippen molar-refractivity contribution in [3.05, 3.63) is 88.7 Å². The summed E-state index contributed by atoms with van der Waals surface area (Å²) in [4.78, 5) is 12.2. The van der Waals surface area contributed by atoms with Crippen LogP contribution in [0.1, 0.15) is 29.0 Å². The molecule has 2 atom stereocenters. The summed E-state index contributed by atoms with van der Waals surface area (Å²) in [5.41, 5.74) is 2.25. The maximum atomic E-state index is 14.8. The topological polar surface area (TPSA) is 46.8 Å². The maximum absolute atomic E-state index is 14.8. The van der Waals surface area contributed by atoms with Gasteiger partial charge in [0.15, 0.2) is 0 Å². The van der Waals surface area contributed by atoms with Crippen molar-refractivity contribution < 1.29 is 13.2 Å². The number of benzene rings is 2. The number of fused-ring (bicyclic) bond motifs is 1. The highest BCUT2D eigenvalue weighted by Crippen LogP contribution is 2.35. The molecule has 9 heteroatoms. The second-order valence-electron chi connectivity index (χ2n) is 8.25. The van der Waals surface area contributed by atoms with Crippen LogP contribution in [0.2, 0.25) is 0 Å². The zero-order chi connectivity index (χ0) is 22.9. The van der Waals surface area contributed by atoms with Crippen molar-refractivity contribution in [1.29, 1.82) is 0 Å². The SMILES string of the molecule is CC(C(Cn1cncn1)c1ccc(F)cc1F)N1CCc2nc(-c3cccc(F)c3)sc2C1. The Morgan fingerprint density at radius 1 is 1.09 bits per heavy atom. The van der Waals surface area contributed by atoms with Crippen molar-refractivity contribution in [2.45, 2.75) is 38.4 Å². The fourth-order valence-electron chi connectivity index (χ4n) is 4.40. The van der Waals surface area contributed by atoms with Crippen LogP contribution < -0.4 is 0 Å². The number of hydrogen-bond donors (Lipinski definition) is 0. The summed E-state index contributed by atoms with van der Waals surface area (Å²) in [6.45, 7) is 3.91. The predicted octanol–water partition coefficient (Wildman–Crippen LogP) is 5.05. The van der Waals surface area contributed by atoms with Crippen molar-refractivity contribution >= 4 is 11.3 Å². The lowest BCUT2D eigenvalue weighted by Crippen LogP contribution is -2.42. The molecule has 0 saturated carbocycles. The van der Waals surface area contributed by atoms with Crippen LogP contribution in [-0.4, -0.2) is 37.2 Å². The molecule has 0 spiro atoms. The highest BCUT2D eigenvalue weighted by Gasteiger charge is 2.31. The monoisotopic (exact) mass is 469 g/mol. The fourth-order valence-corrected chi connectivity index (χ4v) is 5.53. The van der Waals surface area contributed by atoms with Crippen molar-refractivity contribution in [2.24, 2.45) is 0 Å². The summed E-state index contributed by atoms with van der Waals surface area (Å²) in [5, 5.41) is 4.99. The Morgan fingerprint density at radius 2 is 1.94 bits per heavy atom. The largest absolute Gasteiger partial charge is 0.294 e. The molecule has 0 N–H and O–H groups in total. The molecule has 0 bridgehead atoms. The lowest BCUT2D eigenvalue weighted by atomic mass is 9.90. The van der Waals surface area contributed by atoms with Gasteiger partial charge in [0.25, 0.3) is 0 Å². The summed E-state index contributed by atoms with van der Waals surface area (Å²) < 4.78 is 43.7. The van der Waals surface area contributed by atoms with E-state index in [2.05, 4.69) is 21.9 Å². The van der Waals surface area contributed by atoms with Crippen LogP contribution in [0.25, 0.3) is 10.6 Å². The Labute approximate surface area is 193 Å². The van der Waals surface area contributed by atoms with Gasteiger partial charge < -0.3 is 0 Å². The minimum absolute atomic E-state index is 0.0537. The van der Waals surface area contributed by atoms with Crippen LogP contribution in [0, 0.1) is 17.5 Å². The van der Waals surface area contributed by atoms with Crippen molar-refractivity contribution in [1.82, 2.24) is 24.6 Å². The number of halogens is 3. The van der Waals surface area contributed by atoms with Crippen LogP contribution >= 0.6 is 11.3 Å². The van der Waals surface area contributed by atoms with Gasteiger partial charge in [0.2, 0.25) is 0 Å². The molecule has 5 nitrogen and oxygen atoms in total. The summed E-state index contributed by atoms with van der Waals surface area (Å²) in [6.07, 6.45) is 3.80. The zero-order valence-electron chi connectivity index (χ0n) is 18.0. The third-order valence-corrected chi connectivity index (χ3v) is 7.33. The van der Waals surface area contributed by atoms with Gasteiger partial charge in [0.1, 0.15) is 35.1 Å². The van der Waals surface area contributed by atoms with Crippen LogP contribution in [0.15, 0.2) is 55.1 Å². The molecular formula is C24H22F3N5S. The molecule has 33 heavy (non-hydrogen) atoms. The summed E-state index contributed by atoms with van der Waals surface area (Å²) >= 11 is 1.57. The van der Waals surface area contributed by atoms with E-state index in [4.69, 9.17) is 4.98 Å². The normalized spacial score (nSPS) is 15.9. The van der Waals surface area contributed by atoms with Crippen molar-refractivity contribution in [3.63, 3.8) is 0 Å². The standard InChI is InChI=1S/C24H22F3N5S/c1-15(20(11-32-14-28-13-29-32)19-6-5-18(26)10-21(19)27)31-8-7-22-23(12-31)33-24(30-22)16-3-2-4-17(25)9-16/h2-6,9-10,13-15,20H,7-8,11-12H2,1H3. The lowest BCUT2D eigenvalue weighted by molar-refractivity contribution is 0.157. The highest BCUT2D eigenvalue weighted by molar-refractivity contribution is 7.15. The minimum atomic E-state index is -0.597. The minimum Gasteiger partial charge on any atom is -0.294 e. The molecule has 2 unspecified atom stereocenters. The van der Waals surface area contributed by atoms with Gasteiger partial charge in [-0.25, -0.2) is 23.1 Å². The molecule has 1 aliphatic rings. The molecule has 5 rings (SSSR count). The van der Waals surface area contributed by atoms with Crippen molar-refractivity contribution in [2.75, 3.05) is 6.54 Å². The smallest absolute Gasteiger partial charge is 0.137 e. The third-order valence-electron chi connectivity index (χ3n) is 6.20. The Bertz CT molecular complexity index is 1260. The van der Waals surface area contributed by atoms with Crippen LogP contribution in [0.3, 0.4) is 0 Å². The predicted molar refractivity (Wildman–Crippen MR) is 120 cm³/mol. The quantitative estimate of drug-likeness (QED) is 0.397. The second-order valence-corrected chi connectivity index (χ2v) is 9.33. The molecule has 0 fully saturated rings. The first kappa shape index (κ1) is 21.8. The molecule has 0 aliphatic carbocycles. The third kappa shape index (κ3) is 4.56. The fraction of sp³-hybridized carbons (Fsp3) is 0.292. The van der Waals surface area contributed by atoms with E-state index in [0.717, 1.165) is 40.2 Å². The Morgan fingerprint density at radius 3 is 2.70 bits per heavy atom. The summed E-state index contributed by atoms with van der Waals surface area (Å²) in [6, 6.07) is 10.2. The van der Waals surface area contributed by atoms with Crippen LogP contribution in [0.5, 0.6) is 0 Å². The summed E-state index contributed by atoms with van der Waals surface area (Å²) in [5.74, 6) is -1.70. The summed E-state index contributed by atoms with van der Waals surface area (Å²) in [7, 11) is 0. The molecule has 4 aromatic rings. The van der Waals surface area contributed by atoms with Gasteiger partial charge in [-0.1, -0.05) is 18.2 Å². The van der Waals surface area contributed by atoms with Gasteiger partial charge in [0, 0.05) is 48.0 Å². The average Bonchev–Trinajstić information content (AvgIpc) is 3.47. The van der Waals surface area contributed by atoms with E-state index in [-0.39, 0.29) is 17.8 Å². The molecule has 0 radical (unpaired) electrons. The van der Waals surface area contributed by atoms with Crippen molar-refractivity contribution in [3.8, 4) is 10.6 Å². The van der Waals surface area contributed by atoms with Crippen LogP contribution in [0.4, 0.5) is 13.2 Å². The van der Waals surface area contributed by atoms with Crippen LogP contribution in [-0.2, 0) is 19.5 Å². The molecule has 1 aliphatic heterocycles. The first-order chi connectivity index (χ1) is 16.0. The van der Waals surface area contributed by atoms with Gasteiger partial charge in [-0.05, 0) is 30.7 Å². The van der Waals surface area contributed by atoms with Gasteiger partial charge in [0.05, 0.1) is 12.2 Å². The van der Waals surface area contributed by atoms with E-state index >= 15 is 0 Å². The van der Waals surface area contributed by atoms with Gasteiger partial charge in [-0.2, -0.15) is 5.10 Å². The molecule has 2 aromatic carbocycles. The van der Waals surface area contributed by atoms with Gasteiger partial charge in [-0.15, -0.1) is 11.3 Å². The Hall–Kier alpha value is -3.04. The number of hydrogen-bond acceptors (Lipinski definition) is 5. The molecular weight excluding hydrogens is 447 g/mol. The maximum Gasteiger partial charge on any atom is 0.137 e. The molecule has 2 aromatic heterocycles. The number of rotatable bonds is 6. The molecule has 3 heterocycles. The van der Waals surface area contributed by atoms with E-state index in [0.29, 0.717) is 18.7 Å². The number of nitrogens with zero attached hydrogens (tertiary/aromatic N) is 5. The van der Waals surface area contributed by atoms with E-state index in [9.17, 15) is 13.2 Å². The Balaban J connectivity index is 1.41. The number of aromatic nitrogens is 4. The molecule has 0 saturated heterocycles. The first-order valence-electron chi connectivity index (χ1n) is 10.7. The van der Waals surface area contributed by atoms with Gasteiger partial charge in [-0.3, -0.25) is 9.58 Å². The van der Waals surface area contributed by atoms with E-state index in [1.807, 2.05) is 6.07 Å². The zero-order valence-corrected chi connectivity index (χ0v) is 18.8. The first-order valence-corrected chi connectivity index (χ1v) is 11.6. The van der Waals surface area contributed by atoms with E-state index in [1.54, 1.807) is 28.4 Å². The Kier molecular flexibility index (Phi) is 5.99. The van der Waals surface area contributed by atoms with E-state index in [1.165, 1.54) is 30.6 Å². The second kappa shape index (κ2) is 9.07. The van der Waals surface area contributed by atoms with E-state index < -0.39 is 11.6 Å². The lowest BCUT2D eigenvalue weighted by Gasteiger charge is -2.37. The van der Waals surface area contributed by atoms with Gasteiger partial charge >= 0.3 is 0 Å². The molecule has 170 valence electrons. The average molecular weight is 470 g/mol. The highest BCUT2D eigenvalue weighted by atomic mass is 32.1. The number of thiazole rings is 1.